The van der Waals surface area contributed by atoms with Crippen molar-refractivity contribution in [3.63, 3.8) is 0 Å². The molecule has 4 nitrogen and oxygen atoms in total. The van der Waals surface area contributed by atoms with Gasteiger partial charge in [0, 0.05) is 31.5 Å². The topological polar surface area (TPSA) is 56.7 Å². The van der Waals surface area contributed by atoms with Crippen molar-refractivity contribution in [3.05, 3.63) is 36.3 Å². The van der Waals surface area contributed by atoms with Crippen LogP contribution in [0.5, 0.6) is 0 Å². The van der Waals surface area contributed by atoms with Gasteiger partial charge < -0.3 is 5.73 Å². The van der Waals surface area contributed by atoms with Crippen molar-refractivity contribution in [1.29, 1.82) is 0 Å². The Bertz CT molecular complexity index is 425. The van der Waals surface area contributed by atoms with Gasteiger partial charge >= 0.3 is 0 Å². The summed E-state index contributed by atoms with van der Waals surface area (Å²) in [5, 5.41) is 4.09. The van der Waals surface area contributed by atoms with E-state index < -0.39 is 0 Å². The van der Waals surface area contributed by atoms with Crippen LogP contribution in [-0.4, -0.2) is 14.8 Å². The number of halogens is 2. The van der Waals surface area contributed by atoms with Gasteiger partial charge in [-0.25, -0.2) is 0 Å². The minimum Gasteiger partial charge on any atom is -0.326 e. The SMILES string of the molecule is Cl.Cl.Cn1cc(-c2ccc(CN)cn2)cn1. The maximum absolute atomic E-state index is 5.49. The van der Waals surface area contributed by atoms with Crippen LogP contribution in [0.25, 0.3) is 11.3 Å². The summed E-state index contributed by atoms with van der Waals surface area (Å²) in [5.41, 5.74) is 8.48. The average molecular weight is 261 g/mol. The molecule has 2 rings (SSSR count). The summed E-state index contributed by atoms with van der Waals surface area (Å²) in [5.74, 6) is 0. The lowest BCUT2D eigenvalue weighted by Gasteiger charge is -1.98. The maximum atomic E-state index is 5.49. The zero-order valence-corrected chi connectivity index (χ0v) is 10.5. The van der Waals surface area contributed by atoms with Crippen LogP contribution < -0.4 is 5.73 Å². The molecule has 2 N–H and O–H groups in total. The molecule has 0 spiro atoms. The van der Waals surface area contributed by atoms with E-state index in [2.05, 4.69) is 10.1 Å². The van der Waals surface area contributed by atoms with Gasteiger partial charge in [-0.15, -0.1) is 24.8 Å². The Kier molecular flexibility index (Phi) is 6.03. The lowest BCUT2D eigenvalue weighted by molar-refractivity contribution is 0.768. The summed E-state index contributed by atoms with van der Waals surface area (Å²) in [6, 6.07) is 3.94. The number of rotatable bonds is 2. The second-order valence-corrected chi connectivity index (χ2v) is 3.16. The fourth-order valence-corrected chi connectivity index (χ4v) is 1.27. The van der Waals surface area contributed by atoms with Crippen LogP contribution in [0.3, 0.4) is 0 Å². The second-order valence-electron chi connectivity index (χ2n) is 3.16. The summed E-state index contributed by atoms with van der Waals surface area (Å²) in [4.78, 5) is 4.30. The Labute approximate surface area is 107 Å². The van der Waals surface area contributed by atoms with Gasteiger partial charge in [0.05, 0.1) is 11.9 Å². The molecule has 0 amide bonds. The molecule has 2 heterocycles. The predicted molar refractivity (Wildman–Crippen MR) is 68.8 cm³/mol. The van der Waals surface area contributed by atoms with Crippen molar-refractivity contribution in [3.8, 4) is 11.3 Å². The molecule has 16 heavy (non-hydrogen) atoms. The number of hydrogen-bond donors (Lipinski definition) is 1. The third kappa shape index (κ3) is 3.20. The lowest BCUT2D eigenvalue weighted by atomic mass is 10.2. The quantitative estimate of drug-likeness (QED) is 0.896. The first-order valence-corrected chi connectivity index (χ1v) is 4.43. The molecule has 0 aliphatic heterocycles. The smallest absolute Gasteiger partial charge is 0.0733 e. The highest BCUT2D eigenvalue weighted by atomic mass is 35.5. The summed E-state index contributed by atoms with van der Waals surface area (Å²) >= 11 is 0. The first kappa shape index (κ1) is 14.9. The molecule has 0 saturated heterocycles. The van der Waals surface area contributed by atoms with Gasteiger partial charge in [0.1, 0.15) is 0 Å². The van der Waals surface area contributed by atoms with Crippen LogP contribution in [0.4, 0.5) is 0 Å². The maximum Gasteiger partial charge on any atom is 0.0733 e. The highest BCUT2D eigenvalue weighted by Gasteiger charge is 2.00. The average Bonchev–Trinajstić information content (AvgIpc) is 2.65. The molecule has 0 atom stereocenters. The minimum atomic E-state index is 0. The Morgan fingerprint density at radius 3 is 2.44 bits per heavy atom. The molecule has 6 heteroatoms. The zero-order valence-electron chi connectivity index (χ0n) is 8.83. The number of aromatic nitrogens is 3. The van der Waals surface area contributed by atoms with E-state index in [1.807, 2.05) is 25.4 Å². The Balaban J connectivity index is 0.00000112. The standard InChI is InChI=1S/C10H12N4.2ClH/c1-14-7-9(6-13-14)10-3-2-8(4-11)5-12-10;;/h2-3,5-7H,4,11H2,1H3;2*1H. The molecular formula is C10H14Cl2N4. The molecule has 0 bridgehead atoms. The summed E-state index contributed by atoms with van der Waals surface area (Å²) in [6.07, 6.45) is 5.53. The number of nitrogens with two attached hydrogens (primary N) is 1. The fourth-order valence-electron chi connectivity index (χ4n) is 1.27. The number of aryl methyl sites for hydroxylation is 1. The van der Waals surface area contributed by atoms with Crippen LogP contribution in [0.2, 0.25) is 0 Å². The van der Waals surface area contributed by atoms with Gasteiger partial charge in [-0.2, -0.15) is 5.10 Å². The van der Waals surface area contributed by atoms with Crippen molar-refractivity contribution in [1.82, 2.24) is 14.8 Å². The molecule has 0 fully saturated rings. The van der Waals surface area contributed by atoms with E-state index in [1.54, 1.807) is 17.1 Å². The van der Waals surface area contributed by atoms with E-state index in [4.69, 9.17) is 5.73 Å². The van der Waals surface area contributed by atoms with Gasteiger partial charge in [0.15, 0.2) is 0 Å². The molecule has 0 saturated carbocycles. The van der Waals surface area contributed by atoms with E-state index in [-0.39, 0.29) is 24.8 Å². The van der Waals surface area contributed by atoms with Crippen molar-refractivity contribution in [2.75, 3.05) is 0 Å². The molecule has 0 radical (unpaired) electrons. The van der Waals surface area contributed by atoms with E-state index in [1.165, 1.54) is 0 Å². The third-order valence-electron chi connectivity index (χ3n) is 2.06. The minimum absolute atomic E-state index is 0. The zero-order chi connectivity index (χ0) is 9.97. The van der Waals surface area contributed by atoms with Gasteiger partial charge in [0.25, 0.3) is 0 Å². The lowest BCUT2D eigenvalue weighted by Crippen LogP contribution is -1.96. The number of hydrogen-bond acceptors (Lipinski definition) is 3. The third-order valence-corrected chi connectivity index (χ3v) is 2.06. The Morgan fingerprint density at radius 1 is 1.25 bits per heavy atom. The Hall–Kier alpha value is -1.10. The summed E-state index contributed by atoms with van der Waals surface area (Å²) in [6.45, 7) is 0.528. The van der Waals surface area contributed by atoms with Crippen LogP contribution in [-0.2, 0) is 13.6 Å². The second kappa shape index (κ2) is 6.48. The molecule has 2 aromatic rings. The molecule has 0 unspecified atom stereocenters. The summed E-state index contributed by atoms with van der Waals surface area (Å²) < 4.78 is 1.76. The van der Waals surface area contributed by atoms with Crippen LogP contribution in [0.15, 0.2) is 30.7 Å². The van der Waals surface area contributed by atoms with E-state index in [9.17, 15) is 0 Å². The highest BCUT2D eigenvalue weighted by molar-refractivity contribution is 5.85. The van der Waals surface area contributed by atoms with Crippen molar-refractivity contribution < 1.29 is 0 Å². The van der Waals surface area contributed by atoms with Crippen LogP contribution in [0.1, 0.15) is 5.56 Å². The first-order chi connectivity index (χ1) is 6.79. The molecule has 0 aromatic carbocycles. The van der Waals surface area contributed by atoms with Crippen molar-refractivity contribution in [2.24, 2.45) is 12.8 Å². The monoisotopic (exact) mass is 260 g/mol. The van der Waals surface area contributed by atoms with Crippen molar-refractivity contribution in [2.45, 2.75) is 6.54 Å². The van der Waals surface area contributed by atoms with E-state index >= 15 is 0 Å². The molecule has 0 aliphatic carbocycles. The first-order valence-electron chi connectivity index (χ1n) is 4.43. The van der Waals surface area contributed by atoms with Gasteiger partial charge in [-0.1, -0.05) is 6.07 Å². The van der Waals surface area contributed by atoms with E-state index in [0.717, 1.165) is 16.8 Å². The van der Waals surface area contributed by atoms with Crippen LogP contribution in [0, 0.1) is 0 Å². The van der Waals surface area contributed by atoms with Gasteiger partial charge in [-0.3, -0.25) is 9.67 Å². The van der Waals surface area contributed by atoms with Gasteiger partial charge in [0.2, 0.25) is 0 Å². The Morgan fingerprint density at radius 2 is 2.00 bits per heavy atom. The van der Waals surface area contributed by atoms with Crippen LogP contribution >= 0.6 is 24.8 Å². The molecule has 2 aromatic heterocycles. The normalized spacial score (nSPS) is 9.12. The highest BCUT2D eigenvalue weighted by Crippen LogP contribution is 2.15. The number of nitrogens with zero attached hydrogens (tertiary/aromatic N) is 3. The number of pyridine rings is 1. The van der Waals surface area contributed by atoms with Crippen molar-refractivity contribution >= 4 is 24.8 Å². The molecule has 88 valence electrons. The molecular weight excluding hydrogens is 247 g/mol. The largest absolute Gasteiger partial charge is 0.326 e. The van der Waals surface area contributed by atoms with E-state index in [0.29, 0.717) is 6.54 Å². The fraction of sp³-hybridized carbons (Fsp3) is 0.200. The summed E-state index contributed by atoms with van der Waals surface area (Å²) in [7, 11) is 1.89. The predicted octanol–water partition coefficient (Wildman–Crippen LogP) is 1.78. The van der Waals surface area contributed by atoms with Gasteiger partial charge in [-0.05, 0) is 11.6 Å². The molecule has 0 aliphatic rings.